The van der Waals surface area contributed by atoms with Gasteiger partial charge in [0.05, 0.1) is 13.2 Å². The number of amides is 1. The third kappa shape index (κ3) is 4.35. The van der Waals surface area contributed by atoms with E-state index in [-0.39, 0.29) is 17.4 Å². The number of aromatic nitrogens is 4. The van der Waals surface area contributed by atoms with Crippen LogP contribution in [0.4, 0.5) is 19.0 Å². The van der Waals surface area contributed by atoms with Crippen LogP contribution in [0.3, 0.4) is 0 Å². The van der Waals surface area contributed by atoms with Crippen LogP contribution in [0.5, 0.6) is 0 Å². The summed E-state index contributed by atoms with van der Waals surface area (Å²) in [7, 11) is 0. The summed E-state index contributed by atoms with van der Waals surface area (Å²) >= 11 is 0. The molecule has 4 rings (SSSR count). The fourth-order valence-corrected chi connectivity index (χ4v) is 3.28. The third-order valence-corrected chi connectivity index (χ3v) is 4.74. The second-order valence-electron chi connectivity index (χ2n) is 6.83. The lowest BCUT2D eigenvalue weighted by Crippen LogP contribution is -2.48. The lowest BCUT2D eigenvalue weighted by molar-refractivity contribution is -0.146. The summed E-state index contributed by atoms with van der Waals surface area (Å²) in [5.41, 5.74) is 0.880. The van der Waals surface area contributed by atoms with Gasteiger partial charge in [0.2, 0.25) is 5.91 Å². The number of fused-ring (bicyclic) bond motifs is 1. The molecule has 1 amide bonds. The molecule has 8 nitrogen and oxygen atoms in total. The molecule has 0 saturated carbocycles. The molecule has 3 heterocycles. The fraction of sp³-hybridized carbons (Fsp3) is 0.368. The molecule has 0 spiro atoms. The van der Waals surface area contributed by atoms with Crippen LogP contribution in [0.15, 0.2) is 42.5 Å². The fourth-order valence-electron chi connectivity index (χ4n) is 3.28. The van der Waals surface area contributed by atoms with E-state index in [4.69, 9.17) is 4.74 Å². The Bertz CT molecular complexity index is 1020. The predicted molar refractivity (Wildman–Crippen MR) is 101 cm³/mol. The molecule has 11 heteroatoms. The van der Waals surface area contributed by atoms with Gasteiger partial charge in [-0.15, -0.1) is 15.3 Å². The van der Waals surface area contributed by atoms with Gasteiger partial charge in [0.1, 0.15) is 11.9 Å². The Kier molecular flexibility index (Phi) is 5.53. The number of rotatable bonds is 5. The molecule has 1 unspecified atom stereocenters. The minimum absolute atomic E-state index is 0.0352. The highest BCUT2D eigenvalue weighted by atomic mass is 19.4. The number of morpholine rings is 1. The number of carbonyl (C=O) groups excluding carboxylic acids is 1. The highest BCUT2D eigenvalue weighted by molar-refractivity contribution is 5.85. The maximum Gasteiger partial charge on any atom is 0.453 e. The highest BCUT2D eigenvalue weighted by Crippen LogP contribution is 2.27. The first-order valence-electron chi connectivity index (χ1n) is 9.38. The second kappa shape index (κ2) is 8.27. The lowest BCUT2D eigenvalue weighted by Gasteiger charge is -2.31. The molecule has 2 aromatic heterocycles. The largest absolute Gasteiger partial charge is 0.453 e. The van der Waals surface area contributed by atoms with E-state index in [1.54, 1.807) is 4.90 Å². The van der Waals surface area contributed by atoms with Crippen molar-refractivity contribution in [2.45, 2.75) is 18.6 Å². The number of ether oxygens (including phenoxy) is 1. The molecule has 0 bridgehead atoms. The highest BCUT2D eigenvalue weighted by Gasteiger charge is 2.38. The Morgan fingerprint density at radius 1 is 1.10 bits per heavy atom. The van der Waals surface area contributed by atoms with Crippen LogP contribution in [0, 0.1) is 0 Å². The number of nitrogens with one attached hydrogen (secondary N) is 1. The number of hydrogen-bond donors (Lipinski definition) is 1. The molecule has 1 aliphatic rings. The normalized spacial score (nSPS) is 15.9. The van der Waals surface area contributed by atoms with Crippen LogP contribution >= 0.6 is 0 Å². The Morgan fingerprint density at radius 2 is 1.83 bits per heavy atom. The van der Waals surface area contributed by atoms with Crippen LogP contribution in [0.1, 0.15) is 11.4 Å². The summed E-state index contributed by atoms with van der Waals surface area (Å²) in [4.78, 5) is 14.8. The molecule has 1 aromatic carbocycles. The van der Waals surface area contributed by atoms with Crippen molar-refractivity contribution in [2.75, 3.05) is 31.6 Å². The maximum absolute atomic E-state index is 13.1. The Morgan fingerprint density at radius 3 is 2.53 bits per heavy atom. The Hall–Kier alpha value is -3.21. The monoisotopic (exact) mass is 420 g/mol. The average molecular weight is 420 g/mol. The summed E-state index contributed by atoms with van der Waals surface area (Å²) in [6.07, 6.45) is -4.34. The zero-order chi connectivity index (χ0) is 21.1. The van der Waals surface area contributed by atoms with Crippen molar-refractivity contribution < 1.29 is 22.7 Å². The number of halogens is 3. The van der Waals surface area contributed by atoms with E-state index in [0.717, 1.165) is 5.56 Å². The van der Waals surface area contributed by atoms with Gasteiger partial charge in [0.15, 0.2) is 5.65 Å². The quantitative estimate of drug-likeness (QED) is 0.680. The molecule has 0 aliphatic carbocycles. The van der Waals surface area contributed by atoms with Gasteiger partial charge in [-0.1, -0.05) is 30.3 Å². The first-order valence-corrected chi connectivity index (χ1v) is 9.38. The summed E-state index contributed by atoms with van der Waals surface area (Å²) in [6, 6.07) is 11.5. The van der Waals surface area contributed by atoms with E-state index >= 15 is 0 Å². The second-order valence-corrected chi connectivity index (χ2v) is 6.83. The molecule has 1 aliphatic heterocycles. The molecule has 3 aromatic rings. The van der Waals surface area contributed by atoms with E-state index in [0.29, 0.717) is 37.2 Å². The van der Waals surface area contributed by atoms with Crippen LogP contribution in [0.2, 0.25) is 0 Å². The van der Waals surface area contributed by atoms with E-state index in [1.807, 2.05) is 30.3 Å². The molecule has 0 radical (unpaired) electrons. The first-order chi connectivity index (χ1) is 14.4. The molecule has 158 valence electrons. The van der Waals surface area contributed by atoms with Gasteiger partial charge in [-0.05, 0) is 17.7 Å². The molecule has 1 saturated heterocycles. The van der Waals surface area contributed by atoms with Crippen molar-refractivity contribution in [2.24, 2.45) is 0 Å². The minimum atomic E-state index is -4.70. The lowest BCUT2D eigenvalue weighted by atomic mass is 10.0. The van der Waals surface area contributed by atoms with Crippen molar-refractivity contribution in [3.05, 3.63) is 53.9 Å². The molecular weight excluding hydrogens is 401 g/mol. The Labute approximate surface area is 169 Å². The van der Waals surface area contributed by atoms with E-state index in [9.17, 15) is 18.0 Å². The van der Waals surface area contributed by atoms with Crippen LogP contribution < -0.4 is 5.32 Å². The van der Waals surface area contributed by atoms with Crippen molar-refractivity contribution >= 4 is 17.4 Å². The van der Waals surface area contributed by atoms with E-state index in [2.05, 4.69) is 20.6 Å². The Balaban J connectivity index is 1.62. The zero-order valence-corrected chi connectivity index (χ0v) is 15.8. The average Bonchev–Trinajstić information content (AvgIpc) is 3.18. The smallest absolute Gasteiger partial charge is 0.378 e. The first kappa shape index (κ1) is 20.1. The van der Waals surface area contributed by atoms with Crippen LogP contribution in [0.25, 0.3) is 5.65 Å². The summed E-state index contributed by atoms with van der Waals surface area (Å²) in [5, 5.41) is 13.6. The topological polar surface area (TPSA) is 84.7 Å². The SMILES string of the molecule is O=C(C(Cc1ccccc1)Nc1ccc2nnc(C(F)(F)F)n2n1)N1CCOCC1. The molecular formula is C19H19F3N6O2. The zero-order valence-electron chi connectivity index (χ0n) is 15.8. The number of benzene rings is 1. The molecule has 1 atom stereocenters. The summed E-state index contributed by atoms with van der Waals surface area (Å²) < 4.78 is 45.4. The van der Waals surface area contributed by atoms with Gasteiger partial charge in [-0.2, -0.15) is 17.7 Å². The van der Waals surface area contributed by atoms with E-state index < -0.39 is 18.0 Å². The maximum atomic E-state index is 13.1. The minimum Gasteiger partial charge on any atom is -0.378 e. The number of carbonyl (C=O) groups is 1. The van der Waals surface area contributed by atoms with Gasteiger partial charge < -0.3 is 15.0 Å². The molecule has 1 N–H and O–H groups in total. The van der Waals surface area contributed by atoms with Gasteiger partial charge in [0, 0.05) is 19.5 Å². The van der Waals surface area contributed by atoms with Crippen LogP contribution in [-0.2, 0) is 22.1 Å². The number of anilines is 1. The van der Waals surface area contributed by atoms with Crippen molar-refractivity contribution in [3.63, 3.8) is 0 Å². The number of nitrogens with zero attached hydrogens (tertiary/aromatic N) is 5. The summed E-state index contributed by atoms with van der Waals surface area (Å²) in [5.74, 6) is -1.26. The van der Waals surface area contributed by atoms with Gasteiger partial charge in [-0.3, -0.25) is 4.79 Å². The standard InChI is InChI=1S/C19H19F3N6O2/c20-19(21,22)18-25-24-16-7-6-15(26-28(16)18)23-14(12-13-4-2-1-3-5-13)17(29)27-8-10-30-11-9-27/h1-7,14H,8-12H2,(H,23,26). The van der Waals surface area contributed by atoms with Crippen molar-refractivity contribution in [1.29, 1.82) is 0 Å². The number of hydrogen-bond acceptors (Lipinski definition) is 6. The molecule has 1 fully saturated rings. The van der Waals surface area contributed by atoms with Crippen molar-refractivity contribution in [1.82, 2.24) is 24.7 Å². The van der Waals surface area contributed by atoms with Gasteiger partial charge >= 0.3 is 6.18 Å². The van der Waals surface area contributed by atoms with E-state index in [1.165, 1.54) is 12.1 Å². The van der Waals surface area contributed by atoms with Crippen LogP contribution in [-0.4, -0.2) is 63.0 Å². The third-order valence-electron chi connectivity index (χ3n) is 4.74. The molecule has 30 heavy (non-hydrogen) atoms. The summed E-state index contributed by atoms with van der Waals surface area (Å²) in [6.45, 7) is 1.82. The predicted octanol–water partition coefficient (Wildman–Crippen LogP) is 2.03. The van der Waals surface area contributed by atoms with Gasteiger partial charge in [0.25, 0.3) is 5.82 Å². The number of alkyl halides is 3. The van der Waals surface area contributed by atoms with Crippen molar-refractivity contribution in [3.8, 4) is 0 Å². The van der Waals surface area contributed by atoms with Gasteiger partial charge in [-0.25, -0.2) is 0 Å².